The molecule has 0 spiro atoms. The van der Waals surface area contributed by atoms with Crippen molar-refractivity contribution in [3.05, 3.63) is 35.6 Å². The molecule has 4 nitrogen and oxygen atoms in total. The summed E-state index contributed by atoms with van der Waals surface area (Å²) in [7, 11) is 0. The molecule has 2 fully saturated rings. The van der Waals surface area contributed by atoms with Crippen LogP contribution >= 0.6 is 0 Å². The molecular weight excluding hydrogens is 259 g/mol. The molecule has 3 rings (SSSR count). The number of hydrogen-bond acceptors (Lipinski definition) is 2. The van der Waals surface area contributed by atoms with E-state index in [1.807, 2.05) is 0 Å². The quantitative estimate of drug-likeness (QED) is 0.865. The molecule has 20 heavy (non-hydrogen) atoms. The normalized spacial score (nSPS) is 28.5. The predicted molar refractivity (Wildman–Crippen MR) is 72.4 cm³/mol. The zero-order valence-electron chi connectivity index (χ0n) is 11.3. The highest BCUT2D eigenvalue weighted by atomic mass is 19.1. The SMILES string of the molecule is O=C(NCc1ccccc1F)N1C[C@H]2CC[C@@H](C1)C2O. The van der Waals surface area contributed by atoms with E-state index in [1.165, 1.54) is 6.07 Å². The number of urea groups is 1. The topological polar surface area (TPSA) is 52.6 Å². The van der Waals surface area contributed by atoms with Gasteiger partial charge in [-0.15, -0.1) is 0 Å². The minimum atomic E-state index is -0.304. The van der Waals surface area contributed by atoms with E-state index in [-0.39, 0.29) is 36.3 Å². The summed E-state index contributed by atoms with van der Waals surface area (Å²) in [6, 6.07) is 6.27. The number of fused-ring (bicyclic) bond motifs is 2. The molecule has 1 aliphatic carbocycles. The molecule has 2 amide bonds. The number of piperidine rings is 1. The average Bonchev–Trinajstić information content (AvgIpc) is 2.67. The van der Waals surface area contributed by atoms with Gasteiger partial charge in [0.1, 0.15) is 5.82 Å². The highest BCUT2D eigenvalue weighted by Crippen LogP contribution is 2.36. The summed E-state index contributed by atoms with van der Waals surface area (Å²) in [5.41, 5.74) is 0.487. The third-order valence-electron chi connectivity index (χ3n) is 4.46. The number of nitrogens with one attached hydrogen (secondary N) is 1. The number of aliphatic hydroxyl groups excluding tert-OH is 1. The van der Waals surface area contributed by atoms with Crippen LogP contribution in [-0.2, 0) is 6.54 Å². The van der Waals surface area contributed by atoms with E-state index >= 15 is 0 Å². The fraction of sp³-hybridized carbons (Fsp3) is 0.533. The van der Waals surface area contributed by atoms with Gasteiger partial charge in [0.15, 0.2) is 0 Å². The maximum absolute atomic E-state index is 13.5. The second kappa shape index (κ2) is 5.40. The molecule has 1 saturated carbocycles. The molecule has 5 heteroatoms. The van der Waals surface area contributed by atoms with E-state index < -0.39 is 0 Å². The van der Waals surface area contributed by atoms with Gasteiger partial charge in [-0.25, -0.2) is 9.18 Å². The molecule has 0 radical (unpaired) electrons. The van der Waals surface area contributed by atoms with Crippen LogP contribution in [0.4, 0.5) is 9.18 Å². The van der Waals surface area contributed by atoms with Crippen LogP contribution in [0.15, 0.2) is 24.3 Å². The number of halogens is 1. The minimum absolute atomic E-state index is 0.169. The average molecular weight is 278 g/mol. The standard InChI is InChI=1S/C15H19FN2O2/c16-13-4-2-1-3-10(13)7-17-15(20)18-8-11-5-6-12(9-18)14(11)19/h1-4,11-12,14,19H,5-9H2,(H,17,20)/t11-,12+,14?. The second-order valence-electron chi connectivity index (χ2n) is 5.74. The van der Waals surface area contributed by atoms with Crippen molar-refractivity contribution in [1.82, 2.24) is 10.2 Å². The lowest BCUT2D eigenvalue weighted by Gasteiger charge is -2.35. The van der Waals surface area contributed by atoms with Crippen molar-refractivity contribution in [2.75, 3.05) is 13.1 Å². The van der Waals surface area contributed by atoms with Crippen molar-refractivity contribution in [3.63, 3.8) is 0 Å². The highest BCUT2D eigenvalue weighted by molar-refractivity contribution is 5.74. The van der Waals surface area contributed by atoms with Gasteiger partial charge >= 0.3 is 6.03 Å². The Labute approximate surface area is 117 Å². The highest BCUT2D eigenvalue weighted by Gasteiger charge is 2.42. The van der Waals surface area contributed by atoms with E-state index in [2.05, 4.69) is 5.32 Å². The summed E-state index contributed by atoms with van der Waals surface area (Å²) < 4.78 is 13.5. The first kappa shape index (κ1) is 13.4. The minimum Gasteiger partial charge on any atom is -0.392 e. The van der Waals surface area contributed by atoms with Gasteiger partial charge < -0.3 is 15.3 Å². The maximum Gasteiger partial charge on any atom is 0.317 e. The van der Waals surface area contributed by atoms with Crippen LogP contribution in [0.5, 0.6) is 0 Å². The van der Waals surface area contributed by atoms with Crippen molar-refractivity contribution in [2.24, 2.45) is 11.8 Å². The smallest absolute Gasteiger partial charge is 0.317 e. The van der Waals surface area contributed by atoms with Crippen LogP contribution in [0, 0.1) is 17.7 Å². The third kappa shape index (κ3) is 2.50. The largest absolute Gasteiger partial charge is 0.392 e. The Morgan fingerprint density at radius 3 is 2.60 bits per heavy atom. The Bertz CT molecular complexity index is 494. The Morgan fingerprint density at radius 2 is 1.95 bits per heavy atom. The molecule has 1 aromatic rings. The van der Waals surface area contributed by atoms with Crippen LogP contribution in [-0.4, -0.2) is 35.2 Å². The zero-order chi connectivity index (χ0) is 14.1. The van der Waals surface area contributed by atoms with Gasteiger partial charge in [0.25, 0.3) is 0 Å². The van der Waals surface area contributed by atoms with Crippen molar-refractivity contribution >= 4 is 6.03 Å². The number of hydrogen-bond donors (Lipinski definition) is 2. The van der Waals surface area contributed by atoms with Crippen LogP contribution in [0.1, 0.15) is 18.4 Å². The molecule has 0 aromatic heterocycles. The number of aliphatic hydroxyl groups is 1. The van der Waals surface area contributed by atoms with Gasteiger partial charge in [-0.1, -0.05) is 18.2 Å². The lowest BCUT2D eigenvalue weighted by molar-refractivity contribution is 0.0303. The Morgan fingerprint density at radius 1 is 1.30 bits per heavy atom. The summed E-state index contributed by atoms with van der Waals surface area (Å²) >= 11 is 0. The van der Waals surface area contributed by atoms with E-state index in [9.17, 15) is 14.3 Å². The van der Waals surface area contributed by atoms with E-state index in [4.69, 9.17) is 0 Å². The van der Waals surface area contributed by atoms with Crippen molar-refractivity contribution in [3.8, 4) is 0 Å². The summed E-state index contributed by atoms with van der Waals surface area (Å²) in [5, 5.41) is 12.7. The fourth-order valence-corrected chi connectivity index (χ4v) is 3.28. The molecule has 1 aromatic carbocycles. The summed E-state index contributed by atoms with van der Waals surface area (Å²) in [6.45, 7) is 1.39. The van der Waals surface area contributed by atoms with Crippen molar-refractivity contribution in [2.45, 2.75) is 25.5 Å². The third-order valence-corrected chi connectivity index (χ3v) is 4.46. The Hall–Kier alpha value is -1.62. The Kier molecular flexibility index (Phi) is 3.61. The first-order chi connectivity index (χ1) is 9.65. The summed E-state index contributed by atoms with van der Waals surface area (Å²) in [6.07, 6.45) is 1.72. The molecule has 2 bridgehead atoms. The maximum atomic E-state index is 13.5. The van der Waals surface area contributed by atoms with Gasteiger partial charge in [-0.2, -0.15) is 0 Å². The first-order valence-electron chi connectivity index (χ1n) is 7.09. The first-order valence-corrected chi connectivity index (χ1v) is 7.09. The molecule has 2 N–H and O–H groups in total. The number of carbonyl (C=O) groups excluding carboxylic acids is 1. The molecule has 3 atom stereocenters. The molecule has 2 aliphatic rings. The lowest BCUT2D eigenvalue weighted by Crippen LogP contribution is -2.50. The van der Waals surface area contributed by atoms with E-state index in [0.29, 0.717) is 18.7 Å². The fourth-order valence-electron chi connectivity index (χ4n) is 3.28. The van der Waals surface area contributed by atoms with Gasteiger partial charge in [-0.3, -0.25) is 0 Å². The van der Waals surface area contributed by atoms with Gasteiger partial charge in [0.05, 0.1) is 6.10 Å². The monoisotopic (exact) mass is 278 g/mol. The van der Waals surface area contributed by atoms with Crippen molar-refractivity contribution in [1.29, 1.82) is 0 Å². The predicted octanol–water partition coefficient (Wildman–Crippen LogP) is 1.74. The lowest BCUT2D eigenvalue weighted by atomic mass is 9.95. The summed E-state index contributed by atoms with van der Waals surface area (Å²) in [4.78, 5) is 13.9. The van der Waals surface area contributed by atoms with E-state index in [0.717, 1.165) is 12.8 Å². The van der Waals surface area contributed by atoms with Gasteiger partial charge in [0, 0.05) is 37.0 Å². The molecule has 1 heterocycles. The van der Waals surface area contributed by atoms with Gasteiger partial charge in [0.2, 0.25) is 0 Å². The molecular formula is C15H19FN2O2. The number of likely N-dealkylation sites (tertiary alicyclic amines) is 1. The van der Waals surface area contributed by atoms with E-state index in [1.54, 1.807) is 23.1 Å². The molecule has 1 unspecified atom stereocenters. The molecule has 1 saturated heterocycles. The number of amides is 2. The second-order valence-corrected chi connectivity index (χ2v) is 5.74. The Balaban J connectivity index is 1.57. The number of rotatable bonds is 2. The van der Waals surface area contributed by atoms with Crippen LogP contribution in [0.25, 0.3) is 0 Å². The number of benzene rings is 1. The van der Waals surface area contributed by atoms with Gasteiger partial charge in [-0.05, 0) is 18.9 Å². The number of nitrogens with zero attached hydrogens (tertiary/aromatic N) is 1. The zero-order valence-corrected chi connectivity index (χ0v) is 11.3. The molecule has 108 valence electrons. The summed E-state index contributed by atoms with van der Waals surface area (Å²) in [5.74, 6) is 0.0999. The van der Waals surface area contributed by atoms with Crippen LogP contribution < -0.4 is 5.32 Å². The molecule has 1 aliphatic heterocycles. The van der Waals surface area contributed by atoms with Crippen LogP contribution in [0.3, 0.4) is 0 Å². The van der Waals surface area contributed by atoms with Crippen molar-refractivity contribution < 1.29 is 14.3 Å². The number of carbonyl (C=O) groups is 1. The van der Waals surface area contributed by atoms with Crippen LogP contribution in [0.2, 0.25) is 0 Å².